The number of aliphatic hydroxyl groups excluding tert-OH is 1. The quantitative estimate of drug-likeness (QED) is 0.764. The van der Waals surface area contributed by atoms with Gasteiger partial charge in [0.2, 0.25) is 5.91 Å². The summed E-state index contributed by atoms with van der Waals surface area (Å²) in [6.07, 6.45) is 4.49. The minimum absolute atomic E-state index is 0.148. The maximum atomic E-state index is 12.9. The van der Waals surface area contributed by atoms with Crippen molar-refractivity contribution in [3.63, 3.8) is 0 Å². The van der Waals surface area contributed by atoms with E-state index in [1.54, 1.807) is 0 Å². The molecule has 3 aliphatic rings. The number of amides is 2. The highest BCUT2D eigenvalue weighted by molar-refractivity contribution is 5.86. The molecule has 2 aliphatic heterocycles. The summed E-state index contributed by atoms with van der Waals surface area (Å²) in [6, 6.07) is 0.237. The first-order valence-electron chi connectivity index (χ1n) is 7.99. The molecular weight excluding hydrogens is 272 g/mol. The second-order valence-corrected chi connectivity index (χ2v) is 6.80. The lowest BCUT2D eigenvalue weighted by Gasteiger charge is -2.39. The van der Waals surface area contributed by atoms with E-state index in [2.05, 4.69) is 0 Å². The van der Waals surface area contributed by atoms with E-state index in [9.17, 15) is 19.8 Å². The summed E-state index contributed by atoms with van der Waals surface area (Å²) in [6.45, 7) is 1.64. The maximum absolute atomic E-state index is 12.9. The fourth-order valence-corrected chi connectivity index (χ4v) is 4.24. The largest absolute Gasteiger partial charge is 0.465 e. The molecule has 3 rings (SSSR count). The lowest BCUT2D eigenvalue weighted by molar-refractivity contribution is -0.141. The predicted octanol–water partition coefficient (Wildman–Crippen LogP) is 1.28. The van der Waals surface area contributed by atoms with Crippen LogP contribution in [0.3, 0.4) is 0 Å². The van der Waals surface area contributed by atoms with Gasteiger partial charge in [-0.15, -0.1) is 0 Å². The van der Waals surface area contributed by atoms with E-state index in [-0.39, 0.29) is 18.1 Å². The average Bonchev–Trinajstić information content (AvgIpc) is 2.77. The van der Waals surface area contributed by atoms with Crippen molar-refractivity contribution < 1.29 is 19.8 Å². The highest BCUT2D eigenvalue weighted by Gasteiger charge is 2.51. The molecule has 0 aromatic heterocycles. The zero-order valence-electron chi connectivity index (χ0n) is 12.3. The molecule has 21 heavy (non-hydrogen) atoms. The van der Waals surface area contributed by atoms with Gasteiger partial charge in [0.25, 0.3) is 0 Å². The molecule has 1 atom stereocenters. The van der Waals surface area contributed by atoms with Gasteiger partial charge in [-0.3, -0.25) is 4.79 Å². The van der Waals surface area contributed by atoms with E-state index in [0.717, 1.165) is 51.5 Å². The van der Waals surface area contributed by atoms with E-state index >= 15 is 0 Å². The molecule has 0 aromatic rings. The number of aliphatic hydroxyl groups is 1. The minimum Gasteiger partial charge on any atom is -0.465 e. The molecule has 1 spiro atoms. The van der Waals surface area contributed by atoms with Gasteiger partial charge in [0.05, 0.1) is 11.5 Å². The van der Waals surface area contributed by atoms with Crippen molar-refractivity contribution in [2.45, 2.75) is 57.1 Å². The van der Waals surface area contributed by atoms with E-state index in [1.165, 1.54) is 4.90 Å². The molecule has 2 amide bonds. The zero-order valence-corrected chi connectivity index (χ0v) is 12.3. The monoisotopic (exact) mass is 296 g/mol. The van der Waals surface area contributed by atoms with Crippen LogP contribution >= 0.6 is 0 Å². The van der Waals surface area contributed by atoms with Gasteiger partial charge in [-0.2, -0.15) is 0 Å². The molecule has 6 nitrogen and oxygen atoms in total. The summed E-state index contributed by atoms with van der Waals surface area (Å²) in [4.78, 5) is 27.4. The van der Waals surface area contributed by atoms with E-state index in [0.29, 0.717) is 13.1 Å². The van der Waals surface area contributed by atoms with Gasteiger partial charge in [0.1, 0.15) is 0 Å². The predicted molar refractivity (Wildman–Crippen MR) is 75.9 cm³/mol. The van der Waals surface area contributed by atoms with E-state index < -0.39 is 11.5 Å². The van der Waals surface area contributed by atoms with Gasteiger partial charge < -0.3 is 20.0 Å². The number of likely N-dealkylation sites (tertiary alicyclic amines) is 2. The topological polar surface area (TPSA) is 81.1 Å². The number of nitrogens with zero attached hydrogens (tertiary/aromatic N) is 2. The Balaban J connectivity index is 1.69. The SMILES string of the molecule is O=C(O)N1CCCC2(CCN([C@H]3CC[C@H](O)CC3)C2=O)C1. The molecule has 0 radical (unpaired) electrons. The molecule has 6 heteroatoms. The minimum atomic E-state index is -0.916. The lowest BCUT2D eigenvalue weighted by atomic mass is 9.78. The fraction of sp³-hybridized carbons (Fsp3) is 0.867. The molecule has 2 saturated heterocycles. The first kappa shape index (κ1) is 14.6. The maximum Gasteiger partial charge on any atom is 0.407 e. The number of carbonyl (C=O) groups excluding carboxylic acids is 1. The van der Waals surface area contributed by atoms with E-state index in [1.807, 2.05) is 4.90 Å². The van der Waals surface area contributed by atoms with Crippen molar-refractivity contribution in [3.8, 4) is 0 Å². The number of hydrogen-bond donors (Lipinski definition) is 2. The van der Waals surface area contributed by atoms with Crippen LogP contribution in [-0.4, -0.2) is 63.8 Å². The number of rotatable bonds is 1. The summed E-state index contributed by atoms with van der Waals surface area (Å²) >= 11 is 0. The van der Waals surface area contributed by atoms with Crippen molar-refractivity contribution in [2.24, 2.45) is 5.41 Å². The third kappa shape index (κ3) is 2.61. The highest BCUT2D eigenvalue weighted by atomic mass is 16.4. The van der Waals surface area contributed by atoms with Gasteiger partial charge in [-0.25, -0.2) is 4.79 Å². The number of piperidine rings is 1. The second kappa shape index (κ2) is 5.48. The Labute approximate surface area is 124 Å². The first-order valence-corrected chi connectivity index (χ1v) is 7.99. The number of hydrogen-bond acceptors (Lipinski definition) is 3. The van der Waals surface area contributed by atoms with Crippen LogP contribution in [0, 0.1) is 5.41 Å². The Morgan fingerprint density at radius 1 is 1.14 bits per heavy atom. The Morgan fingerprint density at radius 3 is 2.52 bits per heavy atom. The highest BCUT2D eigenvalue weighted by Crippen LogP contribution is 2.42. The van der Waals surface area contributed by atoms with E-state index in [4.69, 9.17) is 0 Å². The van der Waals surface area contributed by atoms with Gasteiger partial charge >= 0.3 is 6.09 Å². The molecular formula is C15H24N2O4. The summed E-state index contributed by atoms with van der Waals surface area (Å²) < 4.78 is 0. The van der Waals surface area contributed by atoms with Crippen LogP contribution in [-0.2, 0) is 4.79 Å². The van der Waals surface area contributed by atoms with Gasteiger partial charge in [-0.1, -0.05) is 0 Å². The van der Waals surface area contributed by atoms with Crippen LogP contribution in [0.15, 0.2) is 0 Å². The Bertz CT molecular complexity index is 433. The fourth-order valence-electron chi connectivity index (χ4n) is 4.24. The van der Waals surface area contributed by atoms with Crippen molar-refractivity contribution in [1.29, 1.82) is 0 Å². The summed E-state index contributed by atoms with van der Waals surface area (Å²) in [7, 11) is 0. The van der Waals surface area contributed by atoms with Crippen molar-refractivity contribution >= 4 is 12.0 Å². The van der Waals surface area contributed by atoms with Gasteiger partial charge in [0.15, 0.2) is 0 Å². The molecule has 1 saturated carbocycles. The lowest BCUT2D eigenvalue weighted by Crippen LogP contribution is -2.51. The standard InChI is InChI=1S/C15H24N2O4/c18-12-4-2-11(3-5-12)17-9-7-15(13(17)19)6-1-8-16(10-15)14(20)21/h11-12,18H,1-10H2,(H,20,21)/t11-,12-,15?. The van der Waals surface area contributed by atoms with Crippen molar-refractivity contribution in [2.75, 3.05) is 19.6 Å². The molecule has 118 valence electrons. The van der Waals surface area contributed by atoms with Crippen molar-refractivity contribution in [3.05, 3.63) is 0 Å². The second-order valence-electron chi connectivity index (χ2n) is 6.80. The smallest absolute Gasteiger partial charge is 0.407 e. The van der Waals surface area contributed by atoms with Crippen LogP contribution < -0.4 is 0 Å². The summed E-state index contributed by atoms with van der Waals surface area (Å²) in [5.74, 6) is 0.148. The molecule has 2 heterocycles. The van der Waals surface area contributed by atoms with Gasteiger partial charge in [-0.05, 0) is 44.9 Å². The average molecular weight is 296 g/mol. The Morgan fingerprint density at radius 2 is 1.86 bits per heavy atom. The molecule has 3 fully saturated rings. The molecule has 0 bridgehead atoms. The van der Waals surface area contributed by atoms with Crippen LogP contribution in [0.4, 0.5) is 4.79 Å². The third-order valence-electron chi connectivity index (χ3n) is 5.50. The van der Waals surface area contributed by atoms with Crippen LogP contribution in [0.1, 0.15) is 44.9 Å². The molecule has 0 aromatic carbocycles. The molecule has 1 aliphatic carbocycles. The molecule has 1 unspecified atom stereocenters. The summed E-state index contributed by atoms with van der Waals surface area (Å²) in [5.41, 5.74) is -0.479. The van der Waals surface area contributed by atoms with Gasteiger partial charge in [0, 0.05) is 25.7 Å². The summed E-state index contributed by atoms with van der Waals surface area (Å²) in [5, 5.41) is 18.8. The Kier molecular flexibility index (Phi) is 3.82. The zero-order chi connectivity index (χ0) is 15.0. The number of carbonyl (C=O) groups is 2. The van der Waals surface area contributed by atoms with Crippen LogP contribution in [0.5, 0.6) is 0 Å². The Hall–Kier alpha value is -1.30. The molecule has 2 N–H and O–H groups in total. The van der Waals surface area contributed by atoms with Crippen LogP contribution in [0.25, 0.3) is 0 Å². The first-order chi connectivity index (χ1) is 10.0. The number of carboxylic acid groups (broad SMARTS) is 1. The van der Waals surface area contributed by atoms with Crippen LogP contribution in [0.2, 0.25) is 0 Å². The normalized spacial score (nSPS) is 37.3. The van der Waals surface area contributed by atoms with Crippen molar-refractivity contribution in [1.82, 2.24) is 9.80 Å². The third-order valence-corrected chi connectivity index (χ3v) is 5.50.